The van der Waals surface area contributed by atoms with Crippen molar-refractivity contribution in [1.82, 2.24) is 25.5 Å². The number of carbonyl (C=O) groups is 1. The molecule has 5 rings (SSSR count). The van der Waals surface area contributed by atoms with E-state index < -0.39 is 0 Å². The minimum absolute atomic E-state index is 0.141. The highest BCUT2D eigenvalue weighted by Crippen LogP contribution is 2.35. The molecule has 2 aromatic carbocycles. The van der Waals surface area contributed by atoms with Gasteiger partial charge in [0, 0.05) is 23.1 Å². The first-order valence-electron chi connectivity index (χ1n) is 10.5. The van der Waals surface area contributed by atoms with Crippen LogP contribution >= 0.6 is 11.6 Å². The average Bonchev–Trinajstić information content (AvgIpc) is 3.24. The molecule has 5 N–H and O–H groups in total. The van der Waals surface area contributed by atoms with Gasteiger partial charge in [-0.15, -0.1) is 0 Å². The van der Waals surface area contributed by atoms with Crippen LogP contribution in [0, 0.1) is 5.92 Å². The van der Waals surface area contributed by atoms with Crippen LogP contribution in [0.4, 0.5) is 16.4 Å². The molecule has 4 aromatic rings. The summed E-state index contributed by atoms with van der Waals surface area (Å²) in [7, 11) is 0. The van der Waals surface area contributed by atoms with Crippen LogP contribution in [0.3, 0.4) is 0 Å². The van der Waals surface area contributed by atoms with Gasteiger partial charge in [-0.1, -0.05) is 48.4 Å². The van der Waals surface area contributed by atoms with E-state index >= 15 is 0 Å². The van der Waals surface area contributed by atoms with Crippen molar-refractivity contribution in [2.24, 2.45) is 5.92 Å². The Morgan fingerprint density at radius 1 is 1.12 bits per heavy atom. The third-order valence-electron chi connectivity index (χ3n) is 5.75. The van der Waals surface area contributed by atoms with E-state index in [1.807, 2.05) is 36.4 Å². The molecular formula is C23H22ClN7O. The minimum Gasteiger partial charge on any atom is -0.381 e. The molecule has 0 unspecified atom stereocenters. The number of nitrogens with two attached hydrogens (primary N) is 1. The van der Waals surface area contributed by atoms with E-state index in [1.54, 1.807) is 12.3 Å². The summed E-state index contributed by atoms with van der Waals surface area (Å²) in [6.45, 7) is 0.640. The van der Waals surface area contributed by atoms with Gasteiger partial charge in [0.25, 0.3) is 0 Å². The van der Waals surface area contributed by atoms with E-state index in [0.29, 0.717) is 28.9 Å². The molecule has 0 saturated heterocycles. The Bertz CT molecular complexity index is 1280. The molecule has 8 nitrogen and oxygen atoms in total. The molecule has 9 heteroatoms. The molecule has 0 spiro atoms. The van der Waals surface area contributed by atoms with E-state index in [4.69, 9.17) is 22.3 Å². The summed E-state index contributed by atoms with van der Waals surface area (Å²) in [6.07, 6.45) is 5.22. The third-order valence-corrected chi connectivity index (χ3v) is 6.05. The van der Waals surface area contributed by atoms with Crippen LogP contribution in [0.15, 0.2) is 48.7 Å². The van der Waals surface area contributed by atoms with Crippen molar-refractivity contribution in [3.8, 4) is 22.5 Å². The van der Waals surface area contributed by atoms with Crippen LogP contribution in [0.5, 0.6) is 0 Å². The molecule has 1 aliphatic carbocycles. The number of halogens is 1. The number of nitrogens with one attached hydrogen (secondary N) is 3. The number of amides is 2. The zero-order valence-electron chi connectivity index (χ0n) is 17.2. The number of hydrogen-bond donors (Lipinski definition) is 4. The van der Waals surface area contributed by atoms with Crippen molar-refractivity contribution in [2.75, 3.05) is 17.6 Å². The van der Waals surface area contributed by atoms with Gasteiger partial charge in [-0.05, 0) is 30.9 Å². The topological polar surface area (TPSA) is 122 Å². The van der Waals surface area contributed by atoms with Crippen molar-refractivity contribution in [2.45, 2.75) is 19.3 Å². The maximum atomic E-state index is 12.4. The lowest BCUT2D eigenvalue weighted by atomic mass is 9.85. The minimum atomic E-state index is -0.348. The van der Waals surface area contributed by atoms with Crippen molar-refractivity contribution >= 4 is 40.2 Å². The number of nitrogen functional groups attached to an aromatic ring is 1. The van der Waals surface area contributed by atoms with Crippen LogP contribution in [0.2, 0.25) is 5.02 Å². The van der Waals surface area contributed by atoms with Crippen molar-refractivity contribution < 1.29 is 4.79 Å². The Labute approximate surface area is 189 Å². The molecule has 1 aliphatic rings. The van der Waals surface area contributed by atoms with E-state index in [9.17, 15) is 4.79 Å². The van der Waals surface area contributed by atoms with Crippen LogP contribution in [0.1, 0.15) is 19.3 Å². The summed E-state index contributed by atoms with van der Waals surface area (Å²) in [4.78, 5) is 21.7. The van der Waals surface area contributed by atoms with E-state index in [-0.39, 0.29) is 17.7 Å². The second-order valence-electron chi connectivity index (χ2n) is 7.94. The fraction of sp³-hybridized carbons (Fsp3) is 0.217. The van der Waals surface area contributed by atoms with Gasteiger partial charge in [-0.3, -0.25) is 10.4 Å². The summed E-state index contributed by atoms with van der Waals surface area (Å²) >= 11 is 6.47. The van der Waals surface area contributed by atoms with Crippen molar-refractivity contribution in [1.29, 1.82) is 0 Å². The summed E-state index contributed by atoms with van der Waals surface area (Å²) < 4.78 is 0. The summed E-state index contributed by atoms with van der Waals surface area (Å²) in [5, 5.41) is 14.0. The Balaban J connectivity index is 1.55. The number of fused-ring (bicyclic) bond motifs is 1. The summed E-state index contributed by atoms with van der Waals surface area (Å²) in [5.74, 6) is 0.889. The first kappa shape index (κ1) is 20.3. The predicted molar refractivity (Wildman–Crippen MR) is 126 cm³/mol. The standard InChI is InChI=1S/C23H22ClN7O/c24-17-10-15(9-16-12-27-31-18(16)17)20-19(14-7-2-1-3-8-14)28-21(25)22(29-20)30-23(32)26-11-13-5-4-6-13/h1-3,7-10,12-13H,4-6,11H2,(H2,25,28)(H,27,31)(H2,26,29,30,32). The number of anilines is 2. The van der Waals surface area contributed by atoms with Gasteiger partial charge in [-0.25, -0.2) is 14.8 Å². The molecule has 2 aromatic heterocycles. The molecule has 0 aliphatic heterocycles. The molecule has 0 atom stereocenters. The van der Waals surface area contributed by atoms with Gasteiger partial charge in [-0.2, -0.15) is 5.10 Å². The normalized spacial score (nSPS) is 13.7. The first-order valence-corrected chi connectivity index (χ1v) is 10.9. The predicted octanol–water partition coefficient (Wildman–Crippen LogP) is 4.84. The number of aromatic amines is 1. The lowest BCUT2D eigenvalue weighted by Gasteiger charge is -2.25. The largest absolute Gasteiger partial charge is 0.381 e. The zero-order chi connectivity index (χ0) is 22.1. The van der Waals surface area contributed by atoms with Crippen molar-refractivity contribution in [3.05, 3.63) is 53.7 Å². The number of rotatable bonds is 5. The number of urea groups is 1. The Kier molecular flexibility index (Phi) is 5.36. The summed E-state index contributed by atoms with van der Waals surface area (Å²) in [5.41, 5.74) is 9.69. The molecule has 32 heavy (non-hydrogen) atoms. The van der Waals surface area contributed by atoms with Gasteiger partial charge in [0.05, 0.1) is 28.1 Å². The van der Waals surface area contributed by atoms with Gasteiger partial charge >= 0.3 is 6.03 Å². The highest BCUT2D eigenvalue weighted by molar-refractivity contribution is 6.35. The number of carbonyl (C=O) groups excluding carboxylic acids is 1. The first-order chi connectivity index (χ1) is 15.6. The molecule has 1 fully saturated rings. The number of nitrogens with zero attached hydrogens (tertiary/aromatic N) is 3. The lowest BCUT2D eigenvalue weighted by molar-refractivity contribution is 0.243. The Morgan fingerprint density at radius 3 is 2.66 bits per heavy atom. The average molecular weight is 448 g/mol. The number of hydrogen-bond acceptors (Lipinski definition) is 5. The Morgan fingerprint density at radius 2 is 1.91 bits per heavy atom. The fourth-order valence-corrected chi connectivity index (χ4v) is 4.04. The highest BCUT2D eigenvalue weighted by atomic mass is 35.5. The van der Waals surface area contributed by atoms with E-state index in [1.165, 1.54) is 6.42 Å². The Hall–Kier alpha value is -3.65. The lowest BCUT2D eigenvalue weighted by Crippen LogP contribution is -2.35. The number of H-pyrrole nitrogens is 1. The van der Waals surface area contributed by atoms with Crippen LogP contribution < -0.4 is 16.4 Å². The number of aromatic nitrogens is 4. The maximum Gasteiger partial charge on any atom is 0.320 e. The second kappa shape index (κ2) is 8.47. The zero-order valence-corrected chi connectivity index (χ0v) is 18.0. The van der Waals surface area contributed by atoms with Gasteiger partial charge in [0.15, 0.2) is 11.6 Å². The van der Waals surface area contributed by atoms with Crippen LogP contribution in [-0.4, -0.2) is 32.7 Å². The fourth-order valence-electron chi connectivity index (χ4n) is 3.78. The molecule has 0 bridgehead atoms. The van der Waals surface area contributed by atoms with E-state index in [0.717, 1.165) is 34.9 Å². The van der Waals surface area contributed by atoms with Gasteiger partial charge in [0.1, 0.15) is 0 Å². The highest BCUT2D eigenvalue weighted by Gasteiger charge is 2.20. The molecule has 162 valence electrons. The SMILES string of the molecule is Nc1nc(-c2ccccc2)c(-c2cc(Cl)c3[nH]ncc3c2)nc1NC(=O)NCC1CCC1. The maximum absolute atomic E-state index is 12.4. The molecular weight excluding hydrogens is 426 g/mol. The van der Waals surface area contributed by atoms with Crippen LogP contribution in [0.25, 0.3) is 33.4 Å². The summed E-state index contributed by atoms with van der Waals surface area (Å²) in [6, 6.07) is 13.0. The quantitative estimate of drug-likeness (QED) is 0.348. The van der Waals surface area contributed by atoms with E-state index in [2.05, 4.69) is 25.8 Å². The van der Waals surface area contributed by atoms with Crippen LogP contribution in [-0.2, 0) is 0 Å². The number of benzene rings is 2. The van der Waals surface area contributed by atoms with Crippen molar-refractivity contribution in [3.63, 3.8) is 0 Å². The molecule has 2 heterocycles. The molecule has 0 radical (unpaired) electrons. The second-order valence-corrected chi connectivity index (χ2v) is 8.35. The van der Waals surface area contributed by atoms with Gasteiger partial charge < -0.3 is 11.1 Å². The monoisotopic (exact) mass is 447 g/mol. The third kappa shape index (κ3) is 3.97. The smallest absolute Gasteiger partial charge is 0.320 e. The molecule has 1 saturated carbocycles. The molecule has 2 amide bonds. The van der Waals surface area contributed by atoms with Gasteiger partial charge in [0.2, 0.25) is 0 Å².